The molecule has 140 valence electrons. The summed E-state index contributed by atoms with van der Waals surface area (Å²) in [6.07, 6.45) is 1.61. The first-order chi connectivity index (χ1) is 12.9. The second kappa shape index (κ2) is 7.71. The van der Waals surface area contributed by atoms with Crippen LogP contribution in [-0.4, -0.2) is 35.6 Å². The second-order valence-electron chi connectivity index (χ2n) is 5.91. The van der Waals surface area contributed by atoms with Crippen molar-refractivity contribution in [2.45, 2.75) is 13.8 Å². The number of hydrogen-bond donors (Lipinski definition) is 1. The molecule has 1 aliphatic rings. The van der Waals surface area contributed by atoms with Gasteiger partial charge in [0.15, 0.2) is 0 Å². The maximum Gasteiger partial charge on any atom is 0.294 e. The van der Waals surface area contributed by atoms with Crippen molar-refractivity contribution in [1.29, 1.82) is 0 Å². The molecule has 1 N–H and O–H groups in total. The zero-order chi connectivity index (χ0) is 19.6. The average molecular weight is 386 g/mol. The van der Waals surface area contributed by atoms with Crippen LogP contribution >= 0.6 is 11.8 Å². The van der Waals surface area contributed by atoms with Gasteiger partial charge in [0.2, 0.25) is 5.91 Å². The van der Waals surface area contributed by atoms with Gasteiger partial charge in [0, 0.05) is 11.3 Å². The van der Waals surface area contributed by atoms with Gasteiger partial charge in [-0.1, -0.05) is 0 Å². The molecule has 1 aromatic carbocycles. The molecule has 0 saturated carbocycles. The molecule has 3 amide bonds. The summed E-state index contributed by atoms with van der Waals surface area (Å²) in [5.41, 5.74) is 1.29. The number of imide groups is 1. The van der Waals surface area contributed by atoms with Crippen LogP contribution in [0.3, 0.4) is 0 Å². The van der Waals surface area contributed by atoms with Gasteiger partial charge in [-0.2, -0.15) is 0 Å². The molecule has 0 bridgehead atoms. The van der Waals surface area contributed by atoms with Gasteiger partial charge in [-0.15, -0.1) is 0 Å². The molecule has 0 aliphatic carbocycles. The minimum atomic E-state index is -0.492. The van der Waals surface area contributed by atoms with Crippen LogP contribution in [0.25, 0.3) is 6.08 Å². The summed E-state index contributed by atoms with van der Waals surface area (Å²) in [4.78, 5) is 38.1. The number of thioether (sulfide) groups is 1. The van der Waals surface area contributed by atoms with E-state index < -0.39 is 17.1 Å². The molecule has 7 nitrogen and oxygen atoms in total. The summed E-state index contributed by atoms with van der Waals surface area (Å²) in [6, 6.07) is 8.55. The topological polar surface area (TPSA) is 88.8 Å². The van der Waals surface area contributed by atoms with Gasteiger partial charge in [-0.3, -0.25) is 19.3 Å². The van der Waals surface area contributed by atoms with Crippen molar-refractivity contribution in [3.8, 4) is 5.75 Å². The number of amides is 3. The van der Waals surface area contributed by atoms with Crippen LogP contribution in [-0.2, 0) is 9.59 Å². The average Bonchev–Trinajstić information content (AvgIpc) is 3.08. The van der Waals surface area contributed by atoms with Crippen LogP contribution in [0.15, 0.2) is 39.7 Å². The van der Waals surface area contributed by atoms with Gasteiger partial charge < -0.3 is 14.5 Å². The summed E-state index contributed by atoms with van der Waals surface area (Å²) in [5.74, 6) is 1.09. The fourth-order valence-corrected chi connectivity index (χ4v) is 3.42. The molecular weight excluding hydrogens is 368 g/mol. The summed E-state index contributed by atoms with van der Waals surface area (Å²) in [6.45, 7) is 3.24. The van der Waals surface area contributed by atoms with Gasteiger partial charge in [0.1, 0.15) is 23.8 Å². The Morgan fingerprint density at radius 3 is 2.56 bits per heavy atom. The number of furan rings is 1. The summed E-state index contributed by atoms with van der Waals surface area (Å²) in [5, 5.41) is 2.18. The molecule has 0 spiro atoms. The molecule has 1 aliphatic heterocycles. The van der Waals surface area contributed by atoms with Crippen molar-refractivity contribution < 1.29 is 23.5 Å². The van der Waals surface area contributed by atoms with E-state index in [4.69, 9.17) is 9.15 Å². The lowest BCUT2D eigenvalue weighted by Crippen LogP contribution is -2.36. The molecule has 3 rings (SSSR count). The fraction of sp³-hybridized carbons (Fsp3) is 0.211. The standard InChI is InChI=1S/C19H18N2O5S/c1-11-8-13(12(2)26-11)9-16-18(23)21(19(24)27-16)10-17(22)20-14-4-6-15(25-3)7-5-14/h4-9H,10H2,1-3H3,(H,20,22)/b16-9-. The van der Waals surface area contributed by atoms with Crippen LogP contribution in [0.4, 0.5) is 10.5 Å². The molecule has 1 fully saturated rings. The van der Waals surface area contributed by atoms with E-state index in [2.05, 4.69) is 5.32 Å². The molecular formula is C19H18N2O5S. The Balaban J connectivity index is 1.67. The normalized spacial score (nSPS) is 15.5. The molecule has 2 heterocycles. The molecule has 2 aromatic rings. The van der Waals surface area contributed by atoms with E-state index in [0.717, 1.165) is 28.0 Å². The highest BCUT2D eigenvalue weighted by molar-refractivity contribution is 8.18. The first-order valence-electron chi connectivity index (χ1n) is 8.13. The number of anilines is 1. The van der Waals surface area contributed by atoms with Crippen LogP contribution in [0, 0.1) is 13.8 Å². The zero-order valence-electron chi connectivity index (χ0n) is 15.1. The number of aryl methyl sites for hydroxylation is 2. The van der Waals surface area contributed by atoms with E-state index in [0.29, 0.717) is 17.2 Å². The Labute approximate surface area is 160 Å². The van der Waals surface area contributed by atoms with Crippen molar-refractivity contribution >= 4 is 40.6 Å². The highest BCUT2D eigenvalue weighted by Crippen LogP contribution is 2.33. The Morgan fingerprint density at radius 1 is 1.26 bits per heavy atom. The number of hydrogen-bond acceptors (Lipinski definition) is 6. The third-order valence-electron chi connectivity index (χ3n) is 3.92. The Kier molecular flexibility index (Phi) is 5.36. The Morgan fingerprint density at radius 2 is 1.96 bits per heavy atom. The van der Waals surface area contributed by atoms with Crippen molar-refractivity contribution in [2.75, 3.05) is 19.0 Å². The van der Waals surface area contributed by atoms with Gasteiger partial charge >= 0.3 is 0 Å². The molecule has 8 heteroatoms. The summed E-state index contributed by atoms with van der Waals surface area (Å²) < 4.78 is 10.5. The summed E-state index contributed by atoms with van der Waals surface area (Å²) in [7, 11) is 1.55. The Bertz CT molecular complexity index is 930. The second-order valence-corrected chi connectivity index (χ2v) is 6.91. The SMILES string of the molecule is COc1ccc(NC(=O)CN2C(=O)S/C(=C\c3cc(C)oc3C)C2=O)cc1. The fourth-order valence-electron chi connectivity index (χ4n) is 2.59. The number of benzene rings is 1. The number of methoxy groups -OCH3 is 1. The van der Waals surface area contributed by atoms with E-state index in [1.165, 1.54) is 0 Å². The van der Waals surface area contributed by atoms with Crippen molar-refractivity contribution in [3.63, 3.8) is 0 Å². The largest absolute Gasteiger partial charge is 0.497 e. The van der Waals surface area contributed by atoms with Crippen LogP contribution in [0.2, 0.25) is 0 Å². The number of ether oxygens (including phenoxy) is 1. The van der Waals surface area contributed by atoms with E-state index >= 15 is 0 Å². The van der Waals surface area contributed by atoms with Crippen LogP contribution in [0.1, 0.15) is 17.1 Å². The highest BCUT2D eigenvalue weighted by Gasteiger charge is 2.36. The number of nitrogens with one attached hydrogen (secondary N) is 1. The first kappa shape index (κ1) is 18.8. The van der Waals surface area contributed by atoms with Gasteiger partial charge in [-0.05, 0) is 62.0 Å². The number of nitrogens with zero attached hydrogens (tertiary/aromatic N) is 1. The molecule has 0 unspecified atom stereocenters. The molecule has 1 aromatic heterocycles. The van der Waals surface area contributed by atoms with Crippen molar-refractivity contribution in [1.82, 2.24) is 4.90 Å². The minimum Gasteiger partial charge on any atom is -0.497 e. The maximum absolute atomic E-state index is 12.5. The lowest BCUT2D eigenvalue weighted by atomic mass is 10.2. The molecule has 0 atom stereocenters. The highest BCUT2D eigenvalue weighted by atomic mass is 32.2. The summed E-state index contributed by atoms with van der Waals surface area (Å²) >= 11 is 0.808. The third kappa shape index (κ3) is 4.22. The van der Waals surface area contributed by atoms with E-state index in [-0.39, 0.29) is 11.4 Å². The lowest BCUT2D eigenvalue weighted by molar-refractivity contribution is -0.127. The van der Waals surface area contributed by atoms with E-state index in [1.807, 2.05) is 0 Å². The maximum atomic E-state index is 12.5. The minimum absolute atomic E-state index is 0.265. The third-order valence-corrected chi connectivity index (χ3v) is 4.82. The Hall–Kier alpha value is -3.00. The quantitative estimate of drug-likeness (QED) is 0.790. The van der Waals surface area contributed by atoms with Crippen LogP contribution in [0.5, 0.6) is 5.75 Å². The number of rotatable bonds is 5. The van der Waals surface area contributed by atoms with Crippen molar-refractivity contribution in [3.05, 3.63) is 52.3 Å². The predicted molar refractivity (Wildman–Crippen MR) is 102 cm³/mol. The van der Waals surface area contributed by atoms with Gasteiger partial charge in [0.05, 0.1) is 12.0 Å². The van der Waals surface area contributed by atoms with Gasteiger partial charge in [-0.25, -0.2) is 0 Å². The predicted octanol–water partition coefficient (Wildman–Crippen LogP) is 3.58. The first-order valence-corrected chi connectivity index (χ1v) is 8.95. The zero-order valence-corrected chi connectivity index (χ0v) is 15.9. The van der Waals surface area contributed by atoms with E-state index in [9.17, 15) is 14.4 Å². The molecule has 27 heavy (non-hydrogen) atoms. The monoisotopic (exact) mass is 386 g/mol. The van der Waals surface area contributed by atoms with Gasteiger partial charge in [0.25, 0.3) is 11.1 Å². The van der Waals surface area contributed by atoms with Crippen LogP contribution < -0.4 is 10.1 Å². The number of carbonyl (C=O) groups is 3. The molecule has 0 radical (unpaired) electrons. The van der Waals surface area contributed by atoms with Crippen molar-refractivity contribution in [2.24, 2.45) is 0 Å². The smallest absolute Gasteiger partial charge is 0.294 e. The van der Waals surface area contributed by atoms with E-state index in [1.54, 1.807) is 57.4 Å². The molecule has 1 saturated heterocycles. The number of carbonyl (C=O) groups excluding carboxylic acids is 3. The lowest BCUT2D eigenvalue weighted by Gasteiger charge is -2.12.